The van der Waals surface area contributed by atoms with Gasteiger partial charge in [-0.25, -0.2) is 0 Å². The lowest BCUT2D eigenvalue weighted by Gasteiger charge is -2.21. The number of ether oxygens (including phenoxy) is 2. The number of carboxylic acid groups (broad SMARTS) is 1. The number of hydrogen-bond acceptors (Lipinski definition) is 5. The highest BCUT2D eigenvalue weighted by atomic mass is 35.5. The summed E-state index contributed by atoms with van der Waals surface area (Å²) >= 11 is 6.08. The first-order chi connectivity index (χ1) is 15.9. The van der Waals surface area contributed by atoms with Gasteiger partial charge in [-0.15, -0.1) is 0 Å². The monoisotopic (exact) mass is 480 g/mol. The van der Waals surface area contributed by atoms with Gasteiger partial charge < -0.3 is 24.8 Å². The maximum atomic E-state index is 11.4. The zero-order valence-corrected chi connectivity index (χ0v) is 20.1. The highest BCUT2D eigenvalue weighted by Crippen LogP contribution is 2.42. The van der Waals surface area contributed by atoms with E-state index in [9.17, 15) is 20.1 Å². The van der Waals surface area contributed by atoms with Crippen LogP contribution in [-0.4, -0.2) is 52.8 Å². The summed E-state index contributed by atoms with van der Waals surface area (Å²) in [6.07, 6.45) is 7.93. The molecule has 3 rings (SSSR count). The molecule has 184 valence electrons. The summed E-state index contributed by atoms with van der Waals surface area (Å²) in [5.74, 6) is 0.0309. The number of para-hydroxylation sites is 1. The summed E-state index contributed by atoms with van der Waals surface area (Å²) in [6.45, 7) is 2.72. The van der Waals surface area contributed by atoms with Gasteiger partial charge in [0.1, 0.15) is 18.5 Å². The molecule has 0 amide bonds. The van der Waals surface area contributed by atoms with Crippen LogP contribution >= 0.6 is 11.6 Å². The number of aliphatic hydroxyl groups is 2. The smallest absolute Gasteiger partial charge is 0.306 e. The number of rotatable bonds is 11. The van der Waals surface area contributed by atoms with Gasteiger partial charge in [0.25, 0.3) is 0 Å². The maximum Gasteiger partial charge on any atom is 0.306 e. The Morgan fingerprint density at radius 2 is 2.09 bits per heavy atom. The molecule has 0 aromatic heterocycles. The van der Waals surface area contributed by atoms with Crippen LogP contribution in [0.15, 0.2) is 36.4 Å². The van der Waals surface area contributed by atoms with E-state index >= 15 is 0 Å². The fraction of sp³-hybridized carbons (Fsp3) is 0.654. The second kappa shape index (κ2) is 12.7. The molecule has 33 heavy (non-hydrogen) atoms. The van der Waals surface area contributed by atoms with Crippen molar-refractivity contribution in [3.8, 4) is 5.75 Å². The second-order valence-electron chi connectivity index (χ2n) is 9.45. The quantitative estimate of drug-likeness (QED) is 0.397. The van der Waals surface area contributed by atoms with Gasteiger partial charge >= 0.3 is 5.97 Å². The first kappa shape index (κ1) is 26.0. The molecule has 3 N–H and O–H groups in total. The predicted molar refractivity (Wildman–Crippen MR) is 127 cm³/mol. The van der Waals surface area contributed by atoms with Gasteiger partial charge in [-0.3, -0.25) is 4.79 Å². The molecule has 7 atom stereocenters. The molecule has 1 saturated heterocycles. The molecular weight excluding hydrogens is 444 g/mol. The minimum atomic E-state index is -0.807. The lowest BCUT2D eigenvalue weighted by atomic mass is 9.85. The molecule has 1 aliphatic heterocycles. The Labute approximate surface area is 201 Å². The zero-order valence-electron chi connectivity index (χ0n) is 19.3. The van der Waals surface area contributed by atoms with Crippen LogP contribution in [0.3, 0.4) is 0 Å². The molecule has 7 heteroatoms. The number of aliphatic hydroxyl groups excluding tert-OH is 2. The van der Waals surface area contributed by atoms with Crippen LogP contribution in [0.25, 0.3) is 0 Å². The summed E-state index contributed by atoms with van der Waals surface area (Å²) in [5, 5.41) is 30.8. The van der Waals surface area contributed by atoms with Gasteiger partial charge in [0.15, 0.2) is 0 Å². The lowest BCUT2D eigenvalue weighted by molar-refractivity contribution is -0.142. The summed E-state index contributed by atoms with van der Waals surface area (Å²) in [6, 6.07) is 7.13. The average Bonchev–Trinajstić information content (AvgIpc) is 2.95. The van der Waals surface area contributed by atoms with Crippen LogP contribution in [0.2, 0.25) is 5.02 Å². The Hall–Kier alpha value is -1.60. The molecular formula is C26H37ClO6. The predicted octanol–water partition coefficient (Wildman–Crippen LogP) is 4.71. The molecule has 1 saturated carbocycles. The van der Waals surface area contributed by atoms with E-state index in [0.29, 0.717) is 36.1 Å². The number of aliphatic carboxylic acids is 1. The minimum absolute atomic E-state index is 0.00193. The van der Waals surface area contributed by atoms with Crippen LogP contribution in [0.4, 0.5) is 0 Å². The third-order valence-corrected chi connectivity index (χ3v) is 7.37. The van der Waals surface area contributed by atoms with Crippen molar-refractivity contribution >= 4 is 17.6 Å². The summed E-state index contributed by atoms with van der Waals surface area (Å²) in [5.41, 5.74) is 0. The fourth-order valence-electron chi connectivity index (χ4n) is 5.17. The largest absolute Gasteiger partial charge is 0.489 e. The Bertz CT molecular complexity index is 784. The number of fused-ring (bicyclic) bond motifs is 1. The van der Waals surface area contributed by atoms with E-state index in [1.165, 1.54) is 0 Å². The number of hydrogen-bond donors (Lipinski definition) is 3. The van der Waals surface area contributed by atoms with Crippen molar-refractivity contribution in [2.45, 2.75) is 70.2 Å². The van der Waals surface area contributed by atoms with Gasteiger partial charge in [0.2, 0.25) is 0 Å². The van der Waals surface area contributed by atoms with Crippen molar-refractivity contribution in [1.82, 2.24) is 0 Å². The molecule has 0 spiro atoms. The lowest BCUT2D eigenvalue weighted by Crippen LogP contribution is -2.22. The topological polar surface area (TPSA) is 96.2 Å². The number of benzene rings is 1. The molecule has 0 bridgehead atoms. The number of carboxylic acids is 1. The van der Waals surface area contributed by atoms with E-state index in [0.717, 1.165) is 32.1 Å². The Morgan fingerprint density at radius 3 is 2.82 bits per heavy atom. The first-order valence-corrected chi connectivity index (χ1v) is 12.5. The van der Waals surface area contributed by atoms with Crippen LogP contribution in [0.1, 0.15) is 51.9 Å². The SMILES string of the molecule is CCCC(CC[C@@H]1CC[C@@H]2[C@@H](/C=C/[C@@H](O)COc3ccccc3Cl)[C@H](O)C[C@@H]2OC1)C(=O)O. The standard InChI is InChI=1S/C26H37ClO6/c1-2-5-18(26(30)31)10-8-17-9-12-21-20(23(29)14-25(21)32-15-17)13-11-19(28)16-33-24-7-4-3-6-22(24)27/h3-4,6-7,11,13,17-21,23,25,28-29H,2,5,8-10,12,14-16H2,1H3,(H,30,31)/b13-11+/t17-,18?,19-,20-,21-,23-,25+/m1/s1. The second-order valence-corrected chi connectivity index (χ2v) is 9.86. The Balaban J connectivity index is 1.50. The summed E-state index contributed by atoms with van der Waals surface area (Å²) < 4.78 is 11.8. The molecule has 1 unspecified atom stereocenters. The molecule has 1 aromatic rings. The molecule has 1 aliphatic carbocycles. The van der Waals surface area contributed by atoms with Crippen molar-refractivity contribution in [1.29, 1.82) is 0 Å². The zero-order chi connectivity index (χ0) is 23.8. The van der Waals surface area contributed by atoms with E-state index in [2.05, 4.69) is 0 Å². The average molecular weight is 481 g/mol. The molecule has 1 heterocycles. The summed E-state index contributed by atoms with van der Waals surface area (Å²) in [4.78, 5) is 11.4. The van der Waals surface area contributed by atoms with Crippen LogP contribution < -0.4 is 4.74 Å². The van der Waals surface area contributed by atoms with Gasteiger partial charge in [0, 0.05) is 18.9 Å². The molecule has 6 nitrogen and oxygen atoms in total. The summed E-state index contributed by atoms with van der Waals surface area (Å²) in [7, 11) is 0. The van der Waals surface area contributed by atoms with E-state index in [4.69, 9.17) is 21.1 Å². The fourth-order valence-corrected chi connectivity index (χ4v) is 5.36. The van der Waals surface area contributed by atoms with Crippen LogP contribution in [-0.2, 0) is 9.53 Å². The third-order valence-electron chi connectivity index (χ3n) is 7.06. The van der Waals surface area contributed by atoms with Crippen molar-refractivity contribution < 1.29 is 29.6 Å². The third kappa shape index (κ3) is 7.44. The highest BCUT2D eigenvalue weighted by Gasteiger charge is 2.43. The van der Waals surface area contributed by atoms with Crippen LogP contribution in [0, 0.1) is 23.7 Å². The maximum absolute atomic E-state index is 11.4. The molecule has 2 aliphatic rings. The van der Waals surface area contributed by atoms with Gasteiger partial charge in [-0.2, -0.15) is 0 Å². The number of carbonyl (C=O) groups is 1. The Morgan fingerprint density at radius 1 is 1.30 bits per heavy atom. The van der Waals surface area contributed by atoms with E-state index in [1.54, 1.807) is 18.2 Å². The van der Waals surface area contributed by atoms with Gasteiger partial charge in [0.05, 0.1) is 23.1 Å². The van der Waals surface area contributed by atoms with E-state index in [-0.39, 0.29) is 30.5 Å². The van der Waals surface area contributed by atoms with E-state index in [1.807, 2.05) is 25.1 Å². The molecule has 1 aromatic carbocycles. The normalized spacial score (nSPS) is 29.4. The van der Waals surface area contributed by atoms with Crippen molar-refractivity contribution in [3.63, 3.8) is 0 Å². The molecule has 2 fully saturated rings. The van der Waals surface area contributed by atoms with Crippen molar-refractivity contribution in [3.05, 3.63) is 41.4 Å². The van der Waals surface area contributed by atoms with Gasteiger partial charge in [-0.1, -0.05) is 49.2 Å². The van der Waals surface area contributed by atoms with Crippen LogP contribution in [0.5, 0.6) is 5.75 Å². The Kier molecular flexibility index (Phi) is 10.0. The van der Waals surface area contributed by atoms with Crippen molar-refractivity contribution in [2.24, 2.45) is 23.7 Å². The van der Waals surface area contributed by atoms with Crippen molar-refractivity contribution in [2.75, 3.05) is 13.2 Å². The van der Waals surface area contributed by atoms with E-state index < -0.39 is 18.2 Å². The highest BCUT2D eigenvalue weighted by molar-refractivity contribution is 6.32. The minimum Gasteiger partial charge on any atom is -0.489 e. The van der Waals surface area contributed by atoms with Gasteiger partial charge in [-0.05, 0) is 56.1 Å². The first-order valence-electron chi connectivity index (χ1n) is 12.1. The molecule has 0 radical (unpaired) electrons. The number of halogens is 1.